The molecule has 1 aromatic rings. The lowest BCUT2D eigenvalue weighted by Gasteiger charge is -2.11. The minimum atomic E-state index is -4.20. The topological polar surface area (TPSA) is 9.23 Å². The summed E-state index contributed by atoms with van der Waals surface area (Å²) in [6.07, 6.45) is -5.17. The predicted molar refractivity (Wildman–Crippen MR) is 59.9 cm³/mol. The van der Waals surface area contributed by atoms with Gasteiger partial charge in [0, 0.05) is 10.0 Å². The molecule has 16 heavy (non-hydrogen) atoms. The Morgan fingerprint density at radius 1 is 1.31 bits per heavy atom. The van der Waals surface area contributed by atoms with E-state index in [0.29, 0.717) is 11.3 Å². The molecule has 6 heteroatoms. The number of benzene rings is 1. The highest BCUT2D eigenvalue weighted by Gasteiger charge is 2.26. The van der Waals surface area contributed by atoms with Crippen molar-refractivity contribution in [1.82, 2.24) is 0 Å². The third-order valence-corrected chi connectivity index (χ3v) is 2.59. The Morgan fingerprint density at radius 3 is 2.56 bits per heavy atom. The van der Waals surface area contributed by atoms with E-state index in [0.717, 1.165) is 4.47 Å². The second-order valence-electron chi connectivity index (χ2n) is 3.10. The summed E-state index contributed by atoms with van der Waals surface area (Å²) in [5.74, 6) is 0.586. The van der Waals surface area contributed by atoms with Crippen LogP contribution in [0.25, 0.3) is 0 Å². The maximum atomic E-state index is 11.9. The van der Waals surface area contributed by atoms with Crippen molar-refractivity contribution in [2.24, 2.45) is 0 Å². The van der Waals surface area contributed by atoms with Crippen LogP contribution in [-0.4, -0.2) is 12.8 Å². The molecule has 0 spiro atoms. The van der Waals surface area contributed by atoms with Crippen molar-refractivity contribution >= 4 is 27.5 Å². The van der Waals surface area contributed by atoms with E-state index in [1.165, 1.54) is 0 Å². The van der Waals surface area contributed by atoms with E-state index in [4.69, 9.17) is 16.3 Å². The molecule has 0 heterocycles. The van der Waals surface area contributed by atoms with Gasteiger partial charge in [0.05, 0.1) is 18.9 Å². The molecular weight excluding hydrogens is 308 g/mol. The highest BCUT2D eigenvalue weighted by molar-refractivity contribution is 9.10. The number of alkyl halides is 4. The minimum absolute atomic E-state index is 0.195. The van der Waals surface area contributed by atoms with Gasteiger partial charge in [-0.1, -0.05) is 15.9 Å². The summed E-state index contributed by atoms with van der Waals surface area (Å²) < 4.78 is 41.5. The van der Waals surface area contributed by atoms with Crippen LogP contribution in [0.1, 0.15) is 12.0 Å². The normalized spacial score (nSPS) is 11.6. The Morgan fingerprint density at radius 2 is 2.00 bits per heavy atom. The lowest BCUT2D eigenvalue weighted by Crippen LogP contribution is -2.13. The molecule has 1 aromatic carbocycles. The molecule has 0 saturated carbocycles. The van der Waals surface area contributed by atoms with Gasteiger partial charge >= 0.3 is 6.18 Å². The van der Waals surface area contributed by atoms with Crippen LogP contribution in [0, 0.1) is 0 Å². The van der Waals surface area contributed by atoms with Crippen LogP contribution >= 0.6 is 27.5 Å². The van der Waals surface area contributed by atoms with Crippen molar-refractivity contribution < 1.29 is 17.9 Å². The van der Waals surface area contributed by atoms with Gasteiger partial charge in [0.25, 0.3) is 0 Å². The van der Waals surface area contributed by atoms with Gasteiger partial charge in [-0.15, -0.1) is 11.6 Å². The first-order valence-corrected chi connectivity index (χ1v) is 5.79. The first-order valence-electron chi connectivity index (χ1n) is 4.46. The fourth-order valence-corrected chi connectivity index (χ4v) is 1.69. The molecule has 0 aliphatic heterocycles. The first kappa shape index (κ1) is 13.6. The molecule has 0 N–H and O–H groups in total. The summed E-state index contributed by atoms with van der Waals surface area (Å²) in [7, 11) is 0. The Bertz CT molecular complexity index is 354. The Balaban J connectivity index is 2.60. The molecule has 0 bridgehead atoms. The third kappa shape index (κ3) is 4.61. The van der Waals surface area contributed by atoms with Crippen molar-refractivity contribution in [1.29, 1.82) is 0 Å². The summed E-state index contributed by atoms with van der Waals surface area (Å²) >= 11 is 8.89. The van der Waals surface area contributed by atoms with E-state index in [9.17, 15) is 13.2 Å². The summed E-state index contributed by atoms with van der Waals surface area (Å²) in [6, 6.07) is 5.01. The Kier molecular flexibility index (Phi) is 4.92. The zero-order valence-corrected chi connectivity index (χ0v) is 10.5. The van der Waals surface area contributed by atoms with Crippen molar-refractivity contribution in [2.75, 3.05) is 6.61 Å². The summed E-state index contributed by atoms with van der Waals surface area (Å²) in [5, 5.41) is 0. The molecule has 0 saturated heterocycles. The number of rotatable bonds is 4. The maximum absolute atomic E-state index is 11.9. The molecule has 1 rings (SSSR count). The van der Waals surface area contributed by atoms with Gasteiger partial charge in [0.1, 0.15) is 5.75 Å². The number of hydrogen-bond donors (Lipinski definition) is 0. The van der Waals surface area contributed by atoms with Crippen molar-refractivity contribution in [3.63, 3.8) is 0 Å². The van der Waals surface area contributed by atoms with E-state index in [2.05, 4.69) is 15.9 Å². The van der Waals surface area contributed by atoms with Crippen LogP contribution in [0.2, 0.25) is 0 Å². The van der Waals surface area contributed by atoms with E-state index in [-0.39, 0.29) is 5.88 Å². The fourth-order valence-electron chi connectivity index (χ4n) is 1.07. The zero-order valence-electron chi connectivity index (χ0n) is 8.15. The molecule has 0 aliphatic carbocycles. The second-order valence-corrected chi connectivity index (χ2v) is 4.28. The summed E-state index contributed by atoms with van der Waals surface area (Å²) in [5.41, 5.74) is 0.665. The van der Waals surface area contributed by atoms with Gasteiger partial charge in [0.15, 0.2) is 0 Å². The van der Waals surface area contributed by atoms with Crippen LogP contribution in [0.3, 0.4) is 0 Å². The molecule has 0 amide bonds. The van der Waals surface area contributed by atoms with Gasteiger partial charge < -0.3 is 4.74 Å². The van der Waals surface area contributed by atoms with Crippen LogP contribution in [0.4, 0.5) is 13.2 Å². The van der Waals surface area contributed by atoms with Gasteiger partial charge in [-0.3, -0.25) is 0 Å². The molecule has 90 valence electrons. The monoisotopic (exact) mass is 316 g/mol. The van der Waals surface area contributed by atoms with E-state index in [1.54, 1.807) is 18.2 Å². The van der Waals surface area contributed by atoms with Gasteiger partial charge in [-0.2, -0.15) is 13.2 Å². The average molecular weight is 318 g/mol. The van der Waals surface area contributed by atoms with Crippen molar-refractivity contribution in [3.05, 3.63) is 28.2 Å². The highest BCUT2D eigenvalue weighted by atomic mass is 79.9. The van der Waals surface area contributed by atoms with Crippen molar-refractivity contribution in [3.8, 4) is 5.75 Å². The van der Waals surface area contributed by atoms with Crippen molar-refractivity contribution in [2.45, 2.75) is 18.5 Å². The molecule has 1 nitrogen and oxygen atoms in total. The number of ether oxygens (including phenoxy) is 1. The Labute approximate surface area is 105 Å². The molecule has 0 aromatic heterocycles. The zero-order chi connectivity index (χ0) is 12.2. The molecule has 0 atom stereocenters. The lowest BCUT2D eigenvalue weighted by molar-refractivity contribution is -0.139. The SMILES string of the molecule is FC(F)(F)CCOc1ccc(Br)cc1CCl. The van der Waals surface area contributed by atoms with Crippen LogP contribution in [-0.2, 0) is 5.88 Å². The number of halogens is 5. The van der Waals surface area contributed by atoms with E-state index >= 15 is 0 Å². The summed E-state index contributed by atoms with van der Waals surface area (Å²) in [4.78, 5) is 0. The second kappa shape index (κ2) is 5.77. The first-order chi connectivity index (χ1) is 7.42. The molecule has 0 fully saturated rings. The van der Waals surface area contributed by atoms with E-state index in [1.807, 2.05) is 0 Å². The predicted octanol–water partition coefficient (Wildman–Crippen LogP) is 4.52. The maximum Gasteiger partial charge on any atom is 0.392 e. The summed E-state index contributed by atoms with van der Waals surface area (Å²) in [6.45, 7) is -0.394. The fraction of sp³-hybridized carbons (Fsp3) is 0.400. The quantitative estimate of drug-likeness (QED) is 0.742. The van der Waals surface area contributed by atoms with Crippen LogP contribution < -0.4 is 4.74 Å². The molecule has 0 unspecified atom stereocenters. The smallest absolute Gasteiger partial charge is 0.392 e. The minimum Gasteiger partial charge on any atom is -0.493 e. The van der Waals surface area contributed by atoms with Gasteiger partial charge in [-0.05, 0) is 18.2 Å². The van der Waals surface area contributed by atoms with Crippen LogP contribution in [0.5, 0.6) is 5.75 Å². The number of hydrogen-bond acceptors (Lipinski definition) is 1. The average Bonchev–Trinajstić information content (AvgIpc) is 2.18. The van der Waals surface area contributed by atoms with Gasteiger partial charge in [0.2, 0.25) is 0 Å². The third-order valence-electron chi connectivity index (χ3n) is 1.81. The highest BCUT2D eigenvalue weighted by Crippen LogP contribution is 2.26. The molecule has 0 radical (unpaired) electrons. The standard InChI is InChI=1S/C10H9BrClF3O/c11-8-1-2-9(7(5-8)6-12)16-4-3-10(13,14)15/h1-2,5H,3-4,6H2. The Hall–Kier alpha value is -0.420. The molecular formula is C10H9BrClF3O. The molecule has 0 aliphatic rings. The van der Waals surface area contributed by atoms with Gasteiger partial charge in [-0.25, -0.2) is 0 Å². The lowest BCUT2D eigenvalue weighted by atomic mass is 10.2. The van der Waals surface area contributed by atoms with Crippen LogP contribution in [0.15, 0.2) is 22.7 Å². The van der Waals surface area contributed by atoms with E-state index < -0.39 is 19.2 Å². The largest absolute Gasteiger partial charge is 0.493 e.